The third kappa shape index (κ3) is 7.17. The quantitative estimate of drug-likeness (QED) is 0.747. The van der Waals surface area contributed by atoms with Gasteiger partial charge in [0, 0.05) is 24.6 Å². The zero-order chi connectivity index (χ0) is 15.5. The highest BCUT2D eigenvalue weighted by atomic mass is 16.5. The summed E-state index contributed by atoms with van der Waals surface area (Å²) in [5, 5.41) is 8.68. The average molecular weight is 289 g/mol. The van der Waals surface area contributed by atoms with E-state index in [4.69, 9.17) is 9.84 Å². The summed E-state index contributed by atoms with van der Waals surface area (Å²) in [6, 6.07) is 8.38. The molecule has 1 aromatic rings. The van der Waals surface area contributed by atoms with Crippen LogP contribution in [0.4, 0.5) is 0 Å². The van der Waals surface area contributed by atoms with E-state index in [2.05, 4.69) is 37.6 Å². The van der Waals surface area contributed by atoms with Crippen LogP contribution < -0.4 is 4.74 Å². The van der Waals surface area contributed by atoms with Crippen molar-refractivity contribution in [2.45, 2.75) is 39.2 Å². The largest absolute Gasteiger partial charge is 0.492 e. The SMILES string of the molecule is CCCC(C)N(C)CCOc1ccc(C#CCCO)cc1. The van der Waals surface area contributed by atoms with Crippen molar-refractivity contribution in [3.05, 3.63) is 29.8 Å². The molecule has 0 bridgehead atoms. The molecule has 1 rings (SSSR count). The Hall–Kier alpha value is -1.50. The zero-order valence-corrected chi connectivity index (χ0v) is 13.4. The van der Waals surface area contributed by atoms with Crippen LogP contribution in [0.2, 0.25) is 0 Å². The van der Waals surface area contributed by atoms with Crippen molar-refractivity contribution in [1.82, 2.24) is 4.90 Å². The van der Waals surface area contributed by atoms with Gasteiger partial charge in [0.2, 0.25) is 0 Å². The second-order valence-corrected chi connectivity index (χ2v) is 5.27. The number of hydrogen-bond donors (Lipinski definition) is 1. The molecule has 0 heterocycles. The summed E-state index contributed by atoms with van der Waals surface area (Å²) in [7, 11) is 2.14. The van der Waals surface area contributed by atoms with E-state index in [-0.39, 0.29) is 6.61 Å². The summed E-state index contributed by atoms with van der Waals surface area (Å²) in [6.07, 6.45) is 2.95. The van der Waals surface area contributed by atoms with Crippen molar-refractivity contribution in [3.8, 4) is 17.6 Å². The van der Waals surface area contributed by atoms with Gasteiger partial charge in [0.1, 0.15) is 12.4 Å². The van der Waals surface area contributed by atoms with Crippen LogP contribution in [0, 0.1) is 11.8 Å². The van der Waals surface area contributed by atoms with Crippen LogP contribution in [-0.4, -0.2) is 42.9 Å². The molecule has 0 aliphatic carbocycles. The van der Waals surface area contributed by atoms with E-state index in [1.165, 1.54) is 12.8 Å². The maximum Gasteiger partial charge on any atom is 0.119 e. The molecule has 0 fully saturated rings. The Morgan fingerprint density at radius 2 is 2.00 bits per heavy atom. The van der Waals surface area contributed by atoms with Crippen LogP contribution in [0.25, 0.3) is 0 Å². The molecule has 3 heteroatoms. The van der Waals surface area contributed by atoms with Crippen LogP contribution in [0.1, 0.15) is 38.7 Å². The van der Waals surface area contributed by atoms with Gasteiger partial charge in [-0.3, -0.25) is 0 Å². The van der Waals surface area contributed by atoms with Crippen molar-refractivity contribution < 1.29 is 9.84 Å². The lowest BCUT2D eigenvalue weighted by molar-refractivity contribution is 0.193. The van der Waals surface area contributed by atoms with Gasteiger partial charge in [-0.2, -0.15) is 0 Å². The van der Waals surface area contributed by atoms with Gasteiger partial charge in [-0.25, -0.2) is 0 Å². The lowest BCUT2D eigenvalue weighted by Gasteiger charge is -2.24. The Morgan fingerprint density at radius 1 is 1.29 bits per heavy atom. The van der Waals surface area contributed by atoms with Crippen molar-refractivity contribution in [2.75, 3.05) is 26.8 Å². The summed E-state index contributed by atoms with van der Waals surface area (Å²) < 4.78 is 5.76. The summed E-state index contributed by atoms with van der Waals surface area (Å²) >= 11 is 0. The fourth-order valence-corrected chi connectivity index (χ4v) is 2.02. The Morgan fingerprint density at radius 3 is 2.62 bits per heavy atom. The standard InChI is InChI=1S/C18H27NO2/c1-4-7-16(2)19(3)13-15-21-18-11-9-17(10-12-18)8-5-6-14-20/h9-12,16,20H,4,6-7,13-15H2,1-3H3. The first-order valence-electron chi connectivity index (χ1n) is 7.70. The lowest BCUT2D eigenvalue weighted by atomic mass is 10.2. The minimum Gasteiger partial charge on any atom is -0.492 e. The molecule has 1 aromatic carbocycles. The van der Waals surface area contributed by atoms with E-state index in [1.54, 1.807) is 0 Å². The molecular weight excluding hydrogens is 262 g/mol. The summed E-state index contributed by atoms with van der Waals surface area (Å²) in [5.74, 6) is 6.78. The highest BCUT2D eigenvalue weighted by Crippen LogP contribution is 2.12. The van der Waals surface area contributed by atoms with Crippen molar-refractivity contribution in [3.63, 3.8) is 0 Å². The predicted molar refractivity (Wildman–Crippen MR) is 87.5 cm³/mol. The number of nitrogens with zero attached hydrogens (tertiary/aromatic N) is 1. The molecule has 0 saturated carbocycles. The molecule has 21 heavy (non-hydrogen) atoms. The maximum atomic E-state index is 8.68. The first-order chi connectivity index (χ1) is 10.2. The third-order valence-corrected chi connectivity index (χ3v) is 3.50. The number of benzene rings is 1. The second-order valence-electron chi connectivity index (χ2n) is 5.27. The van der Waals surface area contributed by atoms with Gasteiger partial charge in [-0.15, -0.1) is 0 Å². The lowest BCUT2D eigenvalue weighted by Crippen LogP contribution is -2.32. The molecule has 0 aromatic heterocycles. The van der Waals surface area contributed by atoms with Crippen molar-refractivity contribution >= 4 is 0 Å². The number of aliphatic hydroxyl groups is 1. The fourth-order valence-electron chi connectivity index (χ4n) is 2.02. The predicted octanol–water partition coefficient (Wildman–Crippen LogP) is 2.92. The summed E-state index contributed by atoms with van der Waals surface area (Å²) in [4.78, 5) is 2.33. The number of likely N-dealkylation sites (N-methyl/N-ethyl adjacent to an activating group) is 1. The fraction of sp³-hybridized carbons (Fsp3) is 0.556. The van der Waals surface area contributed by atoms with E-state index < -0.39 is 0 Å². The molecule has 1 unspecified atom stereocenters. The molecule has 1 N–H and O–H groups in total. The van der Waals surface area contributed by atoms with E-state index >= 15 is 0 Å². The first-order valence-corrected chi connectivity index (χ1v) is 7.70. The van der Waals surface area contributed by atoms with E-state index in [1.807, 2.05) is 24.3 Å². The molecule has 0 spiro atoms. The topological polar surface area (TPSA) is 32.7 Å². The monoisotopic (exact) mass is 289 g/mol. The Kier molecular flexibility index (Phi) is 8.57. The van der Waals surface area contributed by atoms with Crippen LogP contribution >= 0.6 is 0 Å². The molecule has 0 radical (unpaired) electrons. The minimum absolute atomic E-state index is 0.109. The van der Waals surface area contributed by atoms with Gasteiger partial charge in [-0.05, 0) is 44.7 Å². The van der Waals surface area contributed by atoms with Gasteiger partial charge >= 0.3 is 0 Å². The molecule has 3 nitrogen and oxygen atoms in total. The minimum atomic E-state index is 0.109. The van der Waals surface area contributed by atoms with Gasteiger partial charge in [0.25, 0.3) is 0 Å². The van der Waals surface area contributed by atoms with Crippen LogP contribution in [0.3, 0.4) is 0 Å². The van der Waals surface area contributed by atoms with Gasteiger partial charge in [0.05, 0.1) is 6.61 Å². The van der Waals surface area contributed by atoms with E-state index in [0.29, 0.717) is 19.1 Å². The van der Waals surface area contributed by atoms with E-state index in [0.717, 1.165) is 17.9 Å². The van der Waals surface area contributed by atoms with Crippen LogP contribution in [0.15, 0.2) is 24.3 Å². The van der Waals surface area contributed by atoms with Crippen LogP contribution in [-0.2, 0) is 0 Å². The number of ether oxygens (including phenoxy) is 1. The Labute approximate surface area is 128 Å². The smallest absolute Gasteiger partial charge is 0.119 e. The number of aliphatic hydroxyl groups excluding tert-OH is 1. The average Bonchev–Trinajstić information content (AvgIpc) is 2.49. The van der Waals surface area contributed by atoms with Crippen molar-refractivity contribution in [1.29, 1.82) is 0 Å². The normalized spacial score (nSPS) is 11.9. The summed E-state index contributed by atoms with van der Waals surface area (Å²) in [5.41, 5.74) is 0.949. The highest BCUT2D eigenvalue weighted by Gasteiger charge is 2.07. The van der Waals surface area contributed by atoms with Gasteiger partial charge in [0.15, 0.2) is 0 Å². The molecule has 116 valence electrons. The summed E-state index contributed by atoms with van der Waals surface area (Å²) in [6.45, 7) is 6.20. The molecule has 0 aliphatic rings. The highest BCUT2D eigenvalue weighted by molar-refractivity contribution is 5.38. The zero-order valence-electron chi connectivity index (χ0n) is 13.4. The molecule has 0 aliphatic heterocycles. The molecule has 0 saturated heterocycles. The van der Waals surface area contributed by atoms with Gasteiger partial charge < -0.3 is 14.7 Å². The number of rotatable bonds is 8. The van der Waals surface area contributed by atoms with Crippen molar-refractivity contribution in [2.24, 2.45) is 0 Å². The second kappa shape index (κ2) is 10.3. The number of hydrogen-bond acceptors (Lipinski definition) is 3. The molecular formula is C18H27NO2. The maximum absolute atomic E-state index is 8.68. The van der Waals surface area contributed by atoms with E-state index in [9.17, 15) is 0 Å². The molecule has 0 amide bonds. The van der Waals surface area contributed by atoms with Crippen LogP contribution in [0.5, 0.6) is 5.75 Å². The first kappa shape index (κ1) is 17.6. The Bertz CT molecular complexity index is 445. The Balaban J connectivity index is 2.35. The van der Waals surface area contributed by atoms with Gasteiger partial charge in [-0.1, -0.05) is 25.2 Å². The molecule has 1 atom stereocenters. The third-order valence-electron chi connectivity index (χ3n) is 3.50.